The van der Waals surface area contributed by atoms with Crippen LogP contribution in [0.3, 0.4) is 0 Å². The van der Waals surface area contributed by atoms with Crippen LogP contribution < -0.4 is 4.74 Å². The molecule has 4 aromatic rings. The van der Waals surface area contributed by atoms with Crippen molar-refractivity contribution in [2.24, 2.45) is 0 Å². The van der Waals surface area contributed by atoms with Gasteiger partial charge < -0.3 is 18.8 Å². The highest BCUT2D eigenvalue weighted by molar-refractivity contribution is 6.31. The number of halogens is 2. The van der Waals surface area contributed by atoms with Gasteiger partial charge in [0.15, 0.2) is 5.60 Å². The molecule has 2 aliphatic heterocycles. The van der Waals surface area contributed by atoms with Crippen LogP contribution in [0.25, 0.3) is 11.4 Å². The van der Waals surface area contributed by atoms with Gasteiger partial charge in [-0.25, -0.2) is 0 Å². The van der Waals surface area contributed by atoms with Crippen LogP contribution in [0.4, 0.5) is 0 Å². The number of benzene rings is 2. The molecule has 178 valence electrons. The van der Waals surface area contributed by atoms with E-state index in [0.29, 0.717) is 41.5 Å². The molecule has 1 amide bonds. The van der Waals surface area contributed by atoms with Crippen molar-refractivity contribution in [1.82, 2.24) is 14.0 Å². The maximum Gasteiger partial charge on any atom is 0.255 e. The molecule has 0 N–H and O–H groups in total. The summed E-state index contributed by atoms with van der Waals surface area (Å²) in [4.78, 5) is 15.7. The molecule has 1 spiro atoms. The van der Waals surface area contributed by atoms with E-state index in [9.17, 15) is 4.79 Å². The van der Waals surface area contributed by atoms with Crippen LogP contribution in [0, 0.1) is 13.8 Å². The summed E-state index contributed by atoms with van der Waals surface area (Å²) in [6, 6.07) is 19.5. The highest BCUT2D eigenvalue weighted by atomic mass is 35.5. The number of carbonyl (C=O) groups excluding carboxylic acids is 1. The Morgan fingerprint density at radius 2 is 1.57 bits per heavy atom. The Labute approximate surface area is 214 Å². The standard InChI is InChI=1S/C28H25Cl2N3O2/c1-18-5-6-19(2)33(18)24-16-20(29)7-9-22(24)27(34)31-14-11-28(12-15-31)26-4-3-13-32(26)23-10-8-21(30)17-25(23)35-28/h3-10,13,16-17H,11-12,14-15H2,1-2H3. The predicted octanol–water partition coefficient (Wildman–Crippen LogP) is 6.72. The second-order valence-corrected chi connectivity index (χ2v) is 10.2. The number of aromatic nitrogens is 2. The minimum absolute atomic E-state index is 0.00801. The Kier molecular flexibility index (Phi) is 5.24. The summed E-state index contributed by atoms with van der Waals surface area (Å²) in [6.07, 6.45) is 3.45. The summed E-state index contributed by atoms with van der Waals surface area (Å²) in [5.74, 6) is 0.785. The van der Waals surface area contributed by atoms with E-state index in [4.69, 9.17) is 27.9 Å². The summed E-state index contributed by atoms with van der Waals surface area (Å²) in [5.41, 5.74) is 5.20. The highest BCUT2D eigenvalue weighted by Gasteiger charge is 2.44. The molecule has 1 saturated heterocycles. The predicted molar refractivity (Wildman–Crippen MR) is 138 cm³/mol. The zero-order chi connectivity index (χ0) is 24.3. The molecular formula is C28H25Cl2N3O2. The number of hydrogen-bond acceptors (Lipinski definition) is 2. The number of nitrogens with zero attached hydrogens (tertiary/aromatic N) is 3. The Balaban J connectivity index is 1.30. The molecular weight excluding hydrogens is 481 g/mol. The number of aryl methyl sites for hydroxylation is 2. The number of amides is 1. The Bertz CT molecular complexity index is 1440. The van der Waals surface area contributed by atoms with Gasteiger partial charge in [0.25, 0.3) is 5.91 Å². The SMILES string of the molecule is Cc1ccc(C)n1-c1cc(Cl)ccc1C(=O)N1CCC2(CC1)Oc1cc(Cl)ccc1-n1cccc12. The van der Waals surface area contributed by atoms with Gasteiger partial charge in [-0.3, -0.25) is 4.79 Å². The average Bonchev–Trinajstić information content (AvgIpc) is 3.46. The van der Waals surface area contributed by atoms with Crippen molar-refractivity contribution in [3.8, 4) is 17.1 Å². The van der Waals surface area contributed by atoms with Gasteiger partial charge in [0, 0.05) is 59.6 Å². The van der Waals surface area contributed by atoms with Gasteiger partial charge in [-0.15, -0.1) is 0 Å². The third-order valence-electron chi connectivity index (χ3n) is 7.26. The van der Waals surface area contributed by atoms with E-state index < -0.39 is 5.60 Å². The molecule has 5 nitrogen and oxygen atoms in total. The van der Waals surface area contributed by atoms with Crippen molar-refractivity contribution >= 4 is 29.1 Å². The summed E-state index contributed by atoms with van der Waals surface area (Å²) in [6.45, 7) is 5.25. The fraction of sp³-hybridized carbons (Fsp3) is 0.250. The highest BCUT2D eigenvalue weighted by Crippen LogP contribution is 2.46. The summed E-state index contributed by atoms with van der Waals surface area (Å²) in [7, 11) is 0. The van der Waals surface area contributed by atoms with Crippen LogP contribution in [-0.4, -0.2) is 33.0 Å². The number of rotatable bonds is 2. The molecule has 0 atom stereocenters. The molecule has 4 heterocycles. The molecule has 0 saturated carbocycles. The largest absolute Gasteiger partial charge is 0.479 e. The zero-order valence-corrected chi connectivity index (χ0v) is 21.1. The monoisotopic (exact) mass is 505 g/mol. The Morgan fingerprint density at radius 1 is 0.886 bits per heavy atom. The first-order valence-electron chi connectivity index (χ1n) is 11.8. The van der Waals surface area contributed by atoms with Crippen LogP contribution >= 0.6 is 23.2 Å². The third kappa shape index (κ3) is 3.57. The summed E-state index contributed by atoms with van der Waals surface area (Å²) >= 11 is 12.6. The van der Waals surface area contributed by atoms with Crippen LogP contribution in [0.2, 0.25) is 10.0 Å². The van der Waals surface area contributed by atoms with Gasteiger partial charge in [0.1, 0.15) is 5.75 Å². The fourth-order valence-electron chi connectivity index (χ4n) is 5.51. The smallest absolute Gasteiger partial charge is 0.255 e. The molecule has 1 fully saturated rings. The van der Waals surface area contributed by atoms with Gasteiger partial charge in [0.05, 0.1) is 22.6 Å². The first-order chi connectivity index (χ1) is 16.9. The van der Waals surface area contributed by atoms with Crippen molar-refractivity contribution in [2.45, 2.75) is 32.3 Å². The number of likely N-dealkylation sites (tertiary alicyclic amines) is 1. The first kappa shape index (κ1) is 22.3. The average molecular weight is 506 g/mol. The Hall–Kier alpha value is -3.15. The van der Waals surface area contributed by atoms with E-state index in [2.05, 4.69) is 33.5 Å². The molecule has 0 radical (unpaired) electrons. The molecule has 35 heavy (non-hydrogen) atoms. The fourth-order valence-corrected chi connectivity index (χ4v) is 5.84. The molecule has 2 aromatic heterocycles. The van der Waals surface area contributed by atoms with Crippen LogP contribution in [0.15, 0.2) is 66.9 Å². The lowest BCUT2D eigenvalue weighted by Gasteiger charge is -2.45. The molecule has 7 heteroatoms. The third-order valence-corrected chi connectivity index (χ3v) is 7.73. The summed E-state index contributed by atoms with van der Waals surface area (Å²) in [5, 5.41) is 1.25. The van der Waals surface area contributed by atoms with Gasteiger partial charge in [-0.1, -0.05) is 23.2 Å². The number of ether oxygens (including phenoxy) is 1. The van der Waals surface area contributed by atoms with Crippen LogP contribution in [0.1, 0.15) is 40.3 Å². The van der Waals surface area contributed by atoms with Crippen LogP contribution in [0.5, 0.6) is 5.75 Å². The van der Waals surface area contributed by atoms with Crippen molar-refractivity contribution in [1.29, 1.82) is 0 Å². The molecule has 2 aromatic carbocycles. The molecule has 2 aliphatic rings. The second-order valence-electron chi connectivity index (χ2n) is 9.38. The number of fused-ring (bicyclic) bond motifs is 4. The number of hydrogen-bond donors (Lipinski definition) is 0. The van der Waals surface area contributed by atoms with Crippen LogP contribution in [-0.2, 0) is 5.60 Å². The van der Waals surface area contributed by atoms with Crippen molar-refractivity contribution in [2.75, 3.05) is 13.1 Å². The molecule has 0 unspecified atom stereocenters. The topological polar surface area (TPSA) is 39.4 Å². The molecule has 0 aliphatic carbocycles. The number of carbonyl (C=O) groups is 1. The van der Waals surface area contributed by atoms with E-state index in [1.807, 2.05) is 55.1 Å². The maximum atomic E-state index is 13.8. The first-order valence-corrected chi connectivity index (χ1v) is 12.5. The molecule has 6 rings (SSSR count). The minimum atomic E-state index is -0.492. The number of piperidine rings is 1. The van der Waals surface area contributed by atoms with E-state index in [1.54, 1.807) is 6.07 Å². The second kappa shape index (κ2) is 8.21. The van der Waals surface area contributed by atoms with Gasteiger partial charge in [-0.05, 0) is 68.4 Å². The summed E-state index contributed by atoms with van der Waals surface area (Å²) < 4.78 is 10.9. The van der Waals surface area contributed by atoms with E-state index in [0.717, 1.165) is 34.2 Å². The van der Waals surface area contributed by atoms with E-state index >= 15 is 0 Å². The van der Waals surface area contributed by atoms with Crippen molar-refractivity contribution < 1.29 is 9.53 Å². The maximum absolute atomic E-state index is 13.8. The van der Waals surface area contributed by atoms with Gasteiger partial charge in [0.2, 0.25) is 0 Å². The van der Waals surface area contributed by atoms with E-state index in [-0.39, 0.29) is 5.91 Å². The van der Waals surface area contributed by atoms with Gasteiger partial charge >= 0.3 is 0 Å². The normalized spacial score (nSPS) is 16.1. The lowest BCUT2D eigenvalue weighted by atomic mass is 9.86. The quantitative estimate of drug-likeness (QED) is 0.303. The lowest BCUT2D eigenvalue weighted by molar-refractivity contribution is -0.00929. The molecule has 0 bridgehead atoms. The Morgan fingerprint density at radius 3 is 2.31 bits per heavy atom. The van der Waals surface area contributed by atoms with Gasteiger partial charge in [-0.2, -0.15) is 0 Å². The van der Waals surface area contributed by atoms with E-state index in [1.165, 1.54) is 0 Å². The lowest BCUT2D eigenvalue weighted by Crippen LogP contribution is -2.50. The minimum Gasteiger partial charge on any atom is -0.479 e. The van der Waals surface area contributed by atoms with Crippen molar-refractivity contribution in [3.05, 3.63) is 99.6 Å². The van der Waals surface area contributed by atoms with Crippen molar-refractivity contribution in [3.63, 3.8) is 0 Å². The zero-order valence-electron chi connectivity index (χ0n) is 19.6.